The van der Waals surface area contributed by atoms with E-state index < -0.39 is 15.9 Å². The molecule has 2 rings (SSSR count). The molecule has 0 aliphatic rings. The maximum Gasteiger partial charge on any atom is 0.255 e. The average Bonchev–Trinajstić information content (AvgIpc) is 2.53. The lowest BCUT2D eigenvalue weighted by atomic mass is 10.2. The highest BCUT2D eigenvalue weighted by atomic mass is 35.5. The minimum Gasteiger partial charge on any atom is -0.322 e. The van der Waals surface area contributed by atoms with Gasteiger partial charge in [0.05, 0.1) is 4.90 Å². The van der Waals surface area contributed by atoms with E-state index in [1.54, 1.807) is 30.3 Å². The molecule has 0 heterocycles. The molecule has 7 heteroatoms. The second kappa shape index (κ2) is 7.79. The number of hydrogen-bond donors (Lipinski definition) is 2. The first-order valence-corrected chi connectivity index (χ1v) is 9.31. The third kappa shape index (κ3) is 5.06. The van der Waals surface area contributed by atoms with Crippen molar-refractivity contribution in [2.75, 3.05) is 11.9 Å². The summed E-state index contributed by atoms with van der Waals surface area (Å²) in [5.74, 6) is -0.215. The topological polar surface area (TPSA) is 75.3 Å². The number of carbonyl (C=O) groups excluding carboxylic acids is 1. The molecule has 128 valence electrons. The largest absolute Gasteiger partial charge is 0.322 e. The number of carbonyl (C=O) groups is 1. The first kappa shape index (κ1) is 18.4. The van der Waals surface area contributed by atoms with E-state index in [-0.39, 0.29) is 16.4 Å². The summed E-state index contributed by atoms with van der Waals surface area (Å²) in [6.07, 6.45) is 0. The third-order valence-electron chi connectivity index (χ3n) is 3.17. The highest BCUT2D eigenvalue weighted by molar-refractivity contribution is 7.89. The molecule has 0 bridgehead atoms. The van der Waals surface area contributed by atoms with Crippen LogP contribution in [0.1, 0.15) is 24.2 Å². The van der Waals surface area contributed by atoms with Crippen LogP contribution in [0.3, 0.4) is 0 Å². The van der Waals surface area contributed by atoms with Gasteiger partial charge >= 0.3 is 0 Å². The first-order valence-electron chi connectivity index (χ1n) is 7.44. The van der Waals surface area contributed by atoms with E-state index in [0.29, 0.717) is 17.3 Å². The number of amides is 1. The molecule has 0 radical (unpaired) electrons. The van der Waals surface area contributed by atoms with E-state index in [4.69, 9.17) is 11.6 Å². The van der Waals surface area contributed by atoms with Crippen LogP contribution in [0.15, 0.2) is 53.4 Å². The molecule has 0 fully saturated rings. The van der Waals surface area contributed by atoms with Crippen molar-refractivity contribution in [2.45, 2.75) is 18.7 Å². The van der Waals surface area contributed by atoms with Crippen molar-refractivity contribution >= 4 is 33.2 Å². The average molecular weight is 367 g/mol. The molecule has 2 aromatic carbocycles. The summed E-state index contributed by atoms with van der Waals surface area (Å²) in [5, 5.41) is 3.19. The highest BCUT2D eigenvalue weighted by Crippen LogP contribution is 2.17. The Kier molecular flexibility index (Phi) is 5.99. The molecule has 0 aliphatic carbocycles. The maximum atomic E-state index is 12.3. The van der Waals surface area contributed by atoms with Crippen LogP contribution in [0.4, 0.5) is 5.69 Å². The fourth-order valence-corrected chi connectivity index (χ4v) is 3.38. The summed E-state index contributed by atoms with van der Waals surface area (Å²) in [6.45, 7) is 4.16. The molecule has 0 aliphatic heterocycles. The van der Waals surface area contributed by atoms with Crippen LogP contribution < -0.4 is 10.0 Å². The van der Waals surface area contributed by atoms with Crippen molar-refractivity contribution in [2.24, 2.45) is 5.92 Å². The van der Waals surface area contributed by atoms with Gasteiger partial charge in [0.25, 0.3) is 5.91 Å². The van der Waals surface area contributed by atoms with Gasteiger partial charge in [-0.15, -0.1) is 0 Å². The summed E-state index contributed by atoms with van der Waals surface area (Å²) >= 11 is 5.88. The highest BCUT2D eigenvalue weighted by Gasteiger charge is 2.16. The minimum absolute atomic E-state index is 0.0573. The van der Waals surface area contributed by atoms with E-state index in [9.17, 15) is 13.2 Å². The van der Waals surface area contributed by atoms with Gasteiger partial charge in [-0.1, -0.05) is 37.6 Å². The molecule has 0 atom stereocenters. The van der Waals surface area contributed by atoms with Crippen molar-refractivity contribution in [3.8, 4) is 0 Å². The van der Waals surface area contributed by atoms with Crippen LogP contribution in [0.2, 0.25) is 5.02 Å². The Hall–Kier alpha value is -1.89. The molecule has 0 saturated heterocycles. The zero-order chi connectivity index (χ0) is 17.7. The molecule has 24 heavy (non-hydrogen) atoms. The normalized spacial score (nSPS) is 11.5. The van der Waals surface area contributed by atoms with Gasteiger partial charge < -0.3 is 5.32 Å². The van der Waals surface area contributed by atoms with Gasteiger partial charge in [0.15, 0.2) is 0 Å². The predicted molar refractivity (Wildman–Crippen MR) is 95.9 cm³/mol. The van der Waals surface area contributed by atoms with Crippen molar-refractivity contribution in [1.29, 1.82) is 0 Å². The summed E-state index contributed by atoms with van der Waals surface area (Å²) in [5.41, 5.74) is 0.793. The lowest BCUT2D eigenvalue weighted by molar-refractivity contribution is 0.102. The Morgan fingerprint density at radius 3 is 2.50 bits per heavy atom. The monoisotopic (exact) mass is 366 g/mol. The van der Waals surface area contributed by atoms with Crippen LogP contribution in [0.25, 0.3) is 0 Å². The molecular weight excluding hydrogens is 348 g/mol. The Labute approximate surface area is 147 Å². The molecule has 1 amide bonds. The first-order chi connectivity index (χ1) is 11.3. The zero-order valence-electron chi connectivity index (χ0n) is 13.4. The third-order valence-corrected chi connectivity index (χ3v) is 4.83. The summed E-state index contributed by atoms with van der Waals surface area (Å²) in [4.78, 5) is 12.4. The molecule has 0 saturated carbocycles. The van der Waals surface area contributed by atoms with Crippen molar-refractivity contribution < 1.29 is 13.2 Å². The number of nitrogens with one attached hydrogen (secondary N) is 2. The van der Waals surface area contributed by atoms with Gasteiger partial charge in [0.1, 0.15) is 0 Å². The molecule has 2 aromatic rings. The fraction of sp³-hybridized carbons (Fsp3) is 0.235. The summed E-state index contributed by atoms with van der Waals surface area (Å²) < 4.78 is 27.0. The van der Waals surface area contributed by atoms with Crippen LogP contribution in [0, 0.1) is 5.92 Å². The summed E-state index contributed by atoms with van der Waals surface area (Å²) in [7, 11) is -3.64. The van der Waals surface area contributed by atoms with Gasteiger partial charge in [-0.3, -0.25) is 4.79 Å². The lowest BCUT2D eigenvalue weighted by Gasteiger charge is -2.10. The number of hydrogen-bond acceptors (Lipinski definition) is 3. The SMILES string of the molecule is CC(C)CNS(=O)(=O)c1cccc(C(=O)Nc2cccc(Cl)c2)c1. The van der Waals surface area contributed by atoms with Gasteiger partial charge in [-0.05, 0) is 42.3 Å². The lowest BCUT2D eigenvalue weighted by Crippen LogP contribution is -2.27. The molecule has 0 aromatic heterocycles. The summed E-state index contributed by atoms with van der Waals surface area (Å²) in [6, 6.07) is 12.6. The number of benzene rings is 2. The van der Waals surface area contributed by atoms with E-state index in [2.05, 4.69) is 10.0 Å². The Morgan fingerprint density at radius 1 is 1.12 bits per heavy atom. The van der Waals surface area contributed by atoms with E-state index in [0.717, 1.165) is 0 Å². The molecule has 2 N–H and O–H groups in total. The Morgan fingerprint density at radius 2 is 1.83 bits per heavy atom. The van der Waals surface area contributed by atoms with E-state index in [1.165, 1.54) is 18.2 Å². The smallest absolute Gasteiger partial charge is 0.255 e. The van der Waals surface area contributed by atoms with Crippen molar-refractivity contribution in [1.82, 2.24) is 4.72 Å². The fourth-order valence-electron chi connectivity index (χ4n) is 1.93. The molecule has 0 spiro atoms. The van der Waals surface area contributed by atoms with Gasteiger partial charge in [-0.2, -0.15) is 0 Å². The maximum absolute atomic E-state index is 12.3. The number of anilines is 1. The van der Waals surface area contributed by atoms with Crippen LogP contribution in [-0.2, 0) is 10.0 Å². The van der Waals surface area contributed by atoms with Crippen LogP contribution in [0.5, 0.6) is 0 Å². The second-order valence-corrected chi connectivity index (χ2v) is 7.94. The van der Waals surface area contributed by atoms with Crippen LogP contribution >= 0.6 is 11.6 Å². The van der Waals surface area contributed by atoms with E-state index in [1.807, 2.05) is 13.8 Å². The minimum atomic E-state index is -3.64. The number of sulfonamides is 1. The predicted octanol–water partition coefficient (Wildman–Crippen LogP) is 3.53. The Bertz CT molecular complexity index is 835. The van der Waals surface area contributed by atoms with Gasteiger partial charge in [-0.25, -0.2) is 13.1 Å². The zero-order valence-corrected chi connectivity index (χ0v) is 15.0. The quantitative estimate of drug-likeness (QED) is 0.821. The number of halogens is 1. The Balaban J connectivity index is 2.19. The molecule has 0 unspecified atom stereocenters. The second-order valence-electron chi connectivity index (χ2n) is 5.74. The van der Waals surface area contributed by atoms with E-state index >= 15 is 0 Å². The van der Waals surface area contributed by atoms with Crippen LogP contribution in [-0.4, -0.2) is 20.9 Å². The standard InChI is InChI=1S/C17H19ClN2O3S/c1-12(2)11-19-24(22,23)16-8-3-5-13(9-16)17(21)20-15-7-4-6-14(18)10-15/h3-10,12,19H,11H2,1-2H3,(H,20,21). The van der Waals surface area contributed by atoms with Gasteiger partial charge in [0.2, 0.25) is 10.0 Å². The molecular formula is C17H19ClN2O3S. The van der Waals surface area contributed by atoms with Crippen molar-refractivity contribution in [3.05, 3.63) is 59.1 Å². The number of rotatable bonds is 6. The van der Waals surface area contributed by atoms with Crippen molar-refractivity contribution in [3.63, 3.8) is 0 Å². The van der Waals surface area contributed by atoms with Gasteiger partial charge in [0, 0.05) is 22.8 Å². The molecule has 5 nitrogen and oxygen atoms in total.